The summed E-state index contributed by atoms with van der Waals surface area (Å²) in [5, 5.41) is 8.59. The monoisotopic (exact) mass is 307 g/mol. The van der Waals surface area contributed by atoms with E-state index in [0.717, 1.165) is 33.2 Å². The number of nitrogens with two attached hydrogens (primary N) is 1. The van der Waals surface area contributed by atoms with Crippen molar-refractivity contribution in [1.82, 2.24) is 20.2 Å². The van der Waals surface area contributed by atoms with E-state index in [2.05, 4.69) is 20.2 Å². The number of hydrogen-bond donors (Lipinski definition) is 3. The molecule has 4 N–H and O–H groups in total. The van der Waals surface area contributed by atoms with Gasteiger partial charge in [0.1, 0.15) is 11.4 Å². The molecule has 7 nitrogen and oxygen atoms in total. The molecule has 0 fully saturated rings. The van der Waals surface area contributed by atoms with Gasteiger partial charge in [0.05, 0.1) is 13.3 Å². The van der Waals surface area contributed by atoms with Gasteiger partial charge in [0, 0.05) is 28.0 Å². The van der Waals surface area contributed by atoms with E-state index in [0.29, 0.717) is 5.65 Å². The maximum Gasteiger partial charge on any atom is 0.267 e. The van der Waals surface area contributed by atoms with Crippen LogP contribution in [0.3, 0.4) is 0 Å². The molecule has 4 aromatic rings. The van der Waals surface area contributed by atoms with Crippen molar-refractivity contribution in [3.63, 3.8) is 0 Å². The van der Waals surface area contributed by atoms with E-state index in [9.17, 15) is 4.79 Å². The second-order valence-electron chi connectivity index (χ2n) is 5.17. The molecule has 0 atom stereocenters. The minimum absolute atomic E-state index is 0.189. The lowest BCUT2D eigenvalue weighted by molar-refractivity contribution is 0.0996. The third kappa shape index (κ3) is 2.02. The number of nitrogens with one attached hydrogen (secondary N) is 2. The number of carbonyl (C=O) groups is 1. The Morgan fingerprint density at radius 2 is 2.09 bits per heavy atom. The van der Waals surface area contributed by atoms with Gasteiger partial charge < -0.3 is 15.5 Å². The highest BCUT2D eigenvalue weighted by atomic mass is 16.5. The lowest BCUT2D eigenvalue weighted by Gasteiger charge is -2.05. The molecule has 1 amide bonds. The van der Waals surface area contributed by atoms with Gasteiger partial charge in [-0.1, -0.05) is 0 Å². The summed E-state index contributed by atoms with van der Waals surface area (Å²) >= 11 is 0. The van der Waals surface area contributed by atoms with Crippen LogP contribution in [0.1, 0.15) is 10.5 Å². The maximum absolute atomic E-state index is 11.5. The number of benzene rings is 1. The SMILES string of the molecule is COc1ccc2[nH]cc(-c3cc(C(N)=O)nc4[nH]ncc34)c2c1. The number of rotatable bonds is 3. The van der Waals surface area contributed by atoms with E-state index in [-0.39, 0.29) is 5.69 Å². The maximum atomic E-state index is 11.5. The summed E-state index contributed by atoms with van der Waals surface area (Å²) in [6, 6.07) is 7.46. The number of fused-ring (bicyclic) bond motifs is 2. The third-order valence-electron chi connectivity index (χ3n) is 3.85. The number of primary amides is 1. The second-order valence-corrected chi connectivity index (χ2v) is 5.17. The predicted molar refractivity (Wildman–Crippen MR) is 86.3 cm³/mol. The largest absolute Gasteiger partial charge is 0.497 e. The van der Waals surface area contributed by atoms with Crippen LogP contribution < -0.4 is 10.5 Å². The van der Waals surface area contributed by atoms with Crippen LogP contribution in [0.4, 0.5) is 0 Å². The fourth-order valence-corrected chi connectivity index (χ4v) is 2.73. The Morgan fingerprint density at radius 1 is 1.22 bits per heavy atom. The standard InChI is InChI=1S/C16H13N5O2/c1-23-8-2-3-13-10(4-8)11(6-18-13)9-5-14(15(17)22)20-16-12(9)7-19-21-16/h2-7,18H,1H3,(H2,17,22)(H,19,20,21). The van der Waals surface area contributed by atoms with Crippen molar-refractivity contribution in [2.24, 2.45) is 5.73 Å². The van der Waals surface area contributed by atoms with Gasteiger partial charge in [0.25, 0.3) is 5.91 Å². The molecule has 0 unspecified atom stereocenters. The molecule has 4 rings (SSSR count). The molecular weight excluding hydrogens is 294 g/mol. The van der Waals surface area contributed by atoms with Crippen LogP contribution in [0.5, 0.6) is 5.75 Å². The van der Waals surface area contributed by atoms with Crippen LogP contribution in [0.2, 0.25) is 0 Å². The molecule has 3 aromatic heterocycles. The summed E-state index contributed by atoms with van der Waals surface area (Å²) < 4.78 is 5.30. The Kier molecular flexibility index (Phi) is 2.80. The number of aromatic amines is 2. The average molecular weight is 307 g/mol. The lowest BCUT2D eigenvalue weighted by atomic mass is 10.0. The minimum atomic E-state index is -0.583. The Morgan fingerprint density at radius 3 is 2.87 bits per heavy atom. The average Bonchev–Trinajstić information content (AvgIpc) is 3.19. The Hall–Kier alpha value is -3.35. The van der Waals surface area contributed by atoms with E-state index in [1.807, 2.05) is 24.4 Å². The summed E-state index contributed by atoms with van der Waals surface area (Å²) in [5.74, 6) is 0.172. The Labute approximate surface area is 130 Å². The van der Waals surface area contributed by atoms with Crippen LogP contribution in [-0.2, 0) is 0 Å². The van der Waals surface area contributed by atoms with Gasteiger partial charge in [-0.3, -0.25) is 9.89 Å². The number of aromatic nitrogens is 4. The Bertz CT molecular complexity index is 1050. The van der Waals surface area contributed by atoms with Crippen LogP contribution in [0.25, 0.3) is 33.1 Å². The molecule has 23 heavy (non-hydrogen) atoms. The first-order valence-corrected chi connectivity index (χ1v) is 6.97. The smallest absolute Gasteiger partial charge is 0.267 e. The highest BCUT2D eigenvalue weighted by molar-refractivity contribution is 6.06. The summed E-state index contributed by atoms with van der Waals surface area (Å²) in [7, 11) is 1.62. The molecule has 0 aliphatic carbocycles. The van der Waals surface area contributed by atoms with Gasteiger partial charge in [-0.05, 0) is 29.8 Å². The third-order valence-corrected chi connectivity index (χ3v) is 3.85. The van der Waals surface area contributed by atoms with Crippen molar-refractivity contribution in [3.05, 3.63) is 42.4 Å². The van der Waals surface area contributed by atoms with Gasteiger partial charge >= 0.3 is 0 Å². The van der Waals surface area contributed by atoms with E-state index in [1.165, 1.54) is 0 Å². The van der Waals surface area contributed by atoms with Crippen LogP contribution in [0.15, 0.2) is 36.7 Å². The van der Waals surface area contributed by atoms with E-state index >= 15 is 0 Å². The Balaban J connectivity index is 2.05. The molecule has 0 radical (unpaired) electrons. The van der Waals surface area contributed by atoms with Gasteiger partial charge in [0.15, 0.2) is 5.65 Å². The quantitative estimate of drug-likeness (QED) is 0.539. The van der Waals surface area contributed by atoms with Crippen molar-refractivity contribution >= 4 is 27.8 Å². The van der Waals surface area contributed by atoms with Gasteiger partial charge in [0.2, 0.25) is 0 Å². The molecule has 0 bridgehead atoms. The fraction of sp³-hybridized carbons (Fsp3) is 0.0625. The van der Waals surface area contributed by atoms with E-state index in [4.69, 9.17) is 10.5 Å². The van der Waals surface area contributed by atoms with Crippen molar-refractivity contribution in [1.29, 1.82) is 0 Å². The number of carbonyl (C=O) groups excluding carboxylic acids is 1. The highest BCUT2D eigenvalue weighted by Crippen LogP contribution is 2.34. The van der Waals surface area contributed by atoms with Gasteiger partial charge in [-0.2, -0.15) is 5.10 Å². The molecule has 0 saturated heterocycles. The first-order valence-electron chi connectivity index (χ1n) is 6.97. The summed E-state index contributed by atoms with van der Waals surface area (Å²) in [6.45, 7) is 0. The number of methoxy groups -OCH3 is 1. The number of ether oxygens (including phenoxy) is 1. The molecule has 0 aliphatic rings. The minimum Gasteiger partial charge on any atom is -0.497 e. The molecule has 3 heterocycles. The van der Waals surface area contributed by atoms with Crippen molar-refractivity contribution < 1.29 is 9.53 Å². The fourth-order valence-electron chi connectivity index (χ4n) is 2.73. The number of nitrogens with zero attached hydrogens (tertiary/aromatic N) is 2. The molecule has 0 saturated carbocycles. The van der Waals surface area contributed by atoms with Gasteiger partial charge in [-0.15, -0.1) is 0 Å². The first kappa shape index (κ1) is 13.3. The zero-order chi connectivity index (χ0) is 16.0. The summed E-state index contributed by atoms with van der Waals surface area (Å²) in [4.78, 5) is 19.0. The second kappa shape index (κ2) is 4.84. The van der Waals surface area contributed by atoms with Crippen LogP contribution in [-0.4, -0.2) is 33.2 Å². The number of H-pyrrole nitrogens is 2. The molecule has 0 aliphatic heterocycles. The van der Waals surface area contributed by atoms with Crippen molar-refractivity contribution in [2.45, 2.75) is 0 Å². The van der Waals surface area contributed by atoms with E-state index in [1.54, 1.807) is 19.4 Å². The predicted octanol–water partition coefficient (Wildman–Crippen LogP) is 2.21. The lowest BCUT2D eigenvalue weighted by Crippen LogP contribution is -2.13. The molecule has 1 aromatic carbocycles. The summed E-state index contributed by atoms with van der Waals surface area (Å²) in [5.41, 5.74) is 8.83. The number of pyridine rings is 1. The van der Waals surface area contributed by atoms with Crippen LogP contribution >= 0.6 is 0 Å². The molecule has 0 spiro atoms. The number of amides is 1. The van der Waals surface area contributed by atoms with Crippen molar-refractivity contribution in [2.75, 3.05) is 7.11 Å². The van der Waals surface area contributed by atoms with E-state index < -0.39 is 5.91 Å². The summed E-state index contributed by atoms with van der Waals surface area (Å²) in [6.07, 6.45) is 3.57. The molecule has 7 heteroatoms. The van der Waals surface area contributed by atoms with Crippen molar-refractivity contribution in [3.8, 4) is 16.9 Å². The van der Waals surface area contributed by atoms with Gasteiger partial charge in [-0.25, -0.2) is 4.98 Å². The number of hydrogen-bond acceptors (Lipinski definition) is 4. The highest BCUT2D eigenvalue weighted by Gasteiger charge is 2.15. The first-order chi connectivity index (χ1) is 11.2. The topological polar surface area (TPSA) is 110 Å². The molecule has 114 valence electrons. The molecular formula is C16H13N5O2. The zero-order valence-corrected chi connectivity index (χ0v) is 12.3. The zero-order valence-electron chi connectivity index (χ0n) is 12.3. The van der Waals surface area contributed by atoms with Crippen LogP contribution in [0, 0.1) is 0 Å². The normalized spacial score (nSPS) is 11.2.